The van der Waals surface area contributed by atoms with Gasteiger partial charge in [0.15, 0.2) is 18.1 Å². The number of hydrogen-bond acceptors (Lipinski definition) is 4. The van der Waals surface area contributed by atoms with Gasteiger partial charge in [0.05, 0.1) is 12.1 Å². The normalized spacial score (nSPS) is 29.5. The van der Waals surface area contributed by atoms with Crippen LogP contribution in [0.4, 0.5) is 0 Å². The summed E-state index contributed by atoms with van der Waals surface area (Å²) in [7, 11) is 1.46. The van der Waals surface area contributed by atoms with E-state index < -0.39 is 5.91 Å². The Morgan fingerprint density at radius 2 is 1.79 bits per heavy atom. The second kappa shape index (κ2) is 8.05. The highest BCUT2D eigenvalue weighted by atomic mass is 35.5. The van der Waals surface area contributed by atoms with Gasteiger partial charge in [0.1, 0.15) is 0 Å². The summed E-state index contributed by atoms with van der Waals surface area (Å²) in [5.74, 6) is 2.43. The molecule has 0 aromatic heterocycles. The molecule has 0 atom stereocenters. The monoisotopic (exact) mass is 420 g/mol. The minimum atomic E-state index is -0.616. The summed E-state index contributed by atoms with van der Waals surface area (Å²) in [4.78, 5) is 23.6. The maximum Gasteiger partial charge on any atom is 0.255 e. The maximum absolute atomic E-state index is 12.7. The number of hydrogen-bond donors (Lipinski definition) is 2. The molecular weight excluding hydrogens is 392 g/mol. The van der Waals surface area contributed by atoms with E-state index in [1.807, 2.05) is 0 Å². The third-order valence-electron chi connectivity index (χ3n) is 6.96. The molecule has 4 fully saturated rings. The molecule has 3 N–H and O–H groups in total. The summed E-state index contributed by atoms with van der Waals surface area (Å²) in [6.07, 6.45) is 9.32. The fourth-order valence-corrected chi connectivity index (χ4v) is 6.54. The molecule has 0 heterocycles. The summed E-state index contributed by atoms with van der Waals surface area (Å²) in [6.45, 7) is 0.359. The molecule has 7 heteroatoms. The largest absolute Gasteiger partial charge is 0.493 e. The zero-order valence-corrected chi connectivity index (χ0v) is 17.6. The van der Waals surface area contributed by atoms with Crippen LogP contribution in [0.3, 0.4) is 0 Å². The Morgan fingerprint density at radius 1 is 1.17 bits per heavy atom. The second-order valence-corrected chi connectivity index (χ2v) is 9.58. The highest BCUT2D eigenvalue weighted by Gasteiger charge is 2.50. The molecule has 0 unspecified atom stereocenters. The lowest BCUT2D eigenvalue weighted by atomic mass is 9.49. The fraction of sp³-hybridized carbons (Fsp3) is 0.636. The number of carbonyl (C=O) groups is 2. The van der Waals surface area contributed by atoms with Crippen molar-refractivity contribution in [3.05, 3.63) is 22.7 Å². The van der Waals surface area contributed by atoms with E-state index in [4.69, 9.17) is 26.8 Å². The molecule has 1 aromatic carbocycles. The van der Waals surface area contributed by atoms with Crippen molar-refractivity contribution in [1.29, 1.82) is 0 Å². The Hall–Kier alpha value is -1.95. The van der Waals surface area contributed by atoms with Crippen LogP contribution < -0.4 is 20.5 Å². The lowest BCUT2D eigenvalue weighted by Gasteiger charge is -2.57. The zero-order chi connectivity index (χ0) is 20.6. The second-order valence-electron chi connectivity index (χ2n) is 9.17. The van der Waals surface area contributed by atoms with Gasteiger partial charge in [-0.1, -0.05) is 11.6 Å². The van der Waals surface area contributed by atoms with Gasteiger partial charge in [-0.2, -0.15) is 0 Å². The van der Waals surface area contributed by atoms with E-state index in [2.05, 4.69) is 5.32 Å². The molecule has 2 amide bonds. The van der Waals surface area contributed by atoms with Crippen LogP contribution in [0.15, 0.2) is 12.1 Å². The first-order chi connectivity index (χ1) is 13.9. The average Bonchev–Trinajstić information content (AvgIpc) is 2.64. The number of benzene rings is 1. The van der Waals surface area contributed by atoms with E-state index >= 15 is 0 Å². The number of nitrogens with two attached hydrogens (primary N) is 1. The third kappa shape index (κ3) is 4.32. The number of amides is 2. The van der Waals surface area contributed by atoms with Gasteiger partial charge >= 0.3 is 0 Å². The molecule has 0 saturated heterocycles. The number of rotatable bonds is 8. The SMILES string of the molecule is COc1cc(C(=O)NCCC23CC4CC(CC(C4)C2)C3)cc(Cl)c1OCC(N)=O. The smallest absolute Gasteiger partial charge is 0.255 e. The minimum Gasteiger partial charge on any atom is -0.493 e. The van der Waals surface area contributed by atoms with Crippen molar-refractivity contribution in [2.24, 2.45) is 28.9 Å². The van der Waals surface area contributed by atoms with Gasteiger partial charge in [0, 0.05) is 12.1 Å². The molecule has 29 heavy (non-hydrogen) atoms. The highest BCUT2D eigenvalue weighted by Crippen LogP contribution is 2.61. The summed E-state index contributed by atoms with van der Waals surface area (Å²) in [6, 6.07) is 3.10. The van der Waals surface area contributed by atoms with Crippen LogP contribution in [0.25, 0.3) is 0 Å². The van der Waals surface area contributed by atoms with Crippen LogP contribution in [0.5, 0.6) is 11.5 Å². The quantitative estimate of drug-likeness (QED) is 0.672. The Labute approximate surface area is 176 Å². The van der Waals surface area contributed by atoms with Gasteiger partial charge in [-0.15, -0.1) is 0 Å². The Morgan fingerprint density at radius 3 is 2.34 bits per heavy atom. The summed E-state index contributed by atoms with van der Waals surface area (Å²) in [5, 5.41) is 3.26. The Balaban J connectivity index is 1.37. The van der Waals surface area contributed by atoms with E-state index in [0.29, 0.717) is 23.3 Å². The number of ether oxygens (including phenoxy) is 2. The van der Waals surface area contributed by atoms with Crippen LogP contribution in [-0.2, 0) is 4.79 Å². The number of carbonyl (C=O) groups excluding carboxylic acids is 2. The van der Waals surface area contributed by atoms with Crippen molar-refractivity contribution in [3.8, 4) is 11.5 Å². The highest BCUT2D eigenvalue weighted by molar-refractivity contribution is 6.32. The molecule has 1 aromatic rings. The first kappa shape index (κ1) is 20.3. The van der Waals surface area contributed by atoms with Crippen molar-refractivity contribution in [3.63, 3.8) is 0 Å². The molecule has 0 aliphatic heterocycles. The van der Waals surface area contributed by atoms with Crippen LogP contribution in [0, 0.1) is 23.2 Å². The molecule has 158 valence electrons. The number of primary amides is 1. The average molecular weight is 421 g/mol. The van der Waals surface area contributed by atoms with E-state index in [1.54, 1.807) is 6.07 Å². The molecule has 5 rings (SSSR count). The van der Waals surface area contributed by atoms with Gasteiger partial charge in [-0.05, 0) is 80.2 Å². The van der Waals surface area contributed by atoms with Crippen molar-refractivity contribution in [1.82, 2.24) is 5.32 Å². The van der Waals surface area contributed by atoms with Crippen molar-refractivity contribution in [2.75, 3.05) is 20.3 Å². The molecular formula is C22H29ClN2O4. The van der Waals surface area contributed by atoms with Gasteiger partial charge in [0.25, 0.3) is 11.8 Å². The Kier molecular flexibility index (Phi) is 5.65. The van der Waals surface area contributed by atoms with E-state index in [0.717, 1.165) is 24.2 Å². The first-order valence-corrected chi connectivity index (χ1v) is 10.8. The first-order valence-electron chi connectivity index (χ1n) is 10.4. The lowest BCUT2D eigenvalue weighted by molar-refractivity contribution is -0.119. The van der Waals surface area contributed by atoms with E-state index in [1.165, 1.54) is 51.7 Å². The van der Waals surface area contributed by atoms with Crippen LogP contribution >= 0.6 is 11.6 Å². The lowest BCUT2D eigenvalue weighted by Crippen LogP contribution is -2.47. The number of nitrogens with one attached hydrogen (secondary N) is 1. The summed E-state index contributed by atoms with van der Waals surface area (Å²) < 4.78 is 10.6. The predicted octanol–water partition coefficient (Wildman–Crippen LogP) is 3.55. The van der Waals surface area contributed by atoms with Gasteiger partial charge in [-0.3, -0.25) is 9.59 Å². The molecule has 0 spiro atoms. The molecule has 4 aliphatic rings. The van der Waals surface area contributed by atoms with Gasteiger partial charge in [-0.25, -0.2) is 0 Å². The number of halogens is 1. The van der Waals surface area contributed by atoms with Crippen molar-refractivity contribution < 1.29 is 19.1 Å². The van der Waals surface area contributed by atoms with Crippen molar-refractivity contribution >= 4 is 23.4 Å². The van der Waals surface area contributed by atoms with Crippen molar-refractivity contribution in [2.45, 2.75) is 44.9 Å². The topological polar surface area (TPSA) is 90.7 Å². The van der Waals surface area contributed by atoms with E-state index in [-0.39, 0.29) is 23.3 Å². The standard InChI is InChI=1S/C22H29ClN2O4/c1-28-18-8-16(7-17(23)20(18)29-12-19(24)26)21(27)25-3-2-22-9-13-4-14(10-22)6-15(5-13)11-22/h7-8,13-15H,2-6,9-12H2,1H3,(H2,24,26)(H,25,27). The molecule has 4 aliphatic carbocycles. The minimum absolute atomic E-state index is 0.184. The summed E-state index contributed by atoms with van der Waals surface area (Å²) >= 11 is 6.25. The molecule has 0 radical (unpaired) electrons. The number of methoxy groups -OCH3 is 1. The summed E-state index contributed by atoms with van der Waals surface area (Å²) in [5.41, 5.74) is 5.95. The van der Waals surface area contributed by atoms with E-state index in [9.17, 15) is 9.59 Å². The van der Waals surface area contributed by atoms with Crippen LogP contribution in [0.1, 0.15) is 55.3 Å². The Bertz CT molecular complexity index is 775. The molecule has 4 bridgehead atoms. The predicted molar refractivity (Wildman–Crippen MR) is 110 cm³/mol. The molecule has 4 saturated carbocycles. The van der Waals surface area contributed by atoms with Crippen LogP contribution in [0.2, 0.25) is 5.02 Å². The van der Waals surface area contributed by atoms with Crippen LogP contribution in [-0.4, -0.2) is 32.1 Å². The van der Waals surface area contributed by atoms with Gasteiger partial charge in [0.2, 0.25) is 0 Å². The fourth-order valence-electron chi connectivity index (χ4n) is 6.27. The maximum atomic E-state index is 12.7. The van der Waals surface area contributed by atoms with Gasteiger partial charge < -0.3 is 20.5 Å². The molecule has 6 nitrogen and oxygen atoms in total. The zero-order valence-electron chi connectivity index (χ0n) is 16.8. The third-order valence-corrected chi connectivity index (χ3v) is 7.24.